The van der Waals surface area contributed by atoms with Crippen LogP contribution < -0.4 is 0 Å². The van der Waals surface area contributed by atoms with Crippen LogP contribution in [0.25, 0.3) is 0 Å². The molecule has 0 rings (SSSR count). The van der Waals surface area contributed by atoms with Gasteiger partial charge in [0.05, 0.1) is 26.4 Å². The second-order valence-electron chi connectivity index (χ2n) is 2.92. The van der Waals surface area contributed by atoms with E-state index in [4.69, 9.17) is 0 Å². The average molecular weight is 278 g/mol. The van der Waals surface area contributed by atoms with Gasteiger partial charge in [-0.05, 0) is 0 Å². The predicted octanol–water partition coefficient (Wildman–Crippen LogP) is -2.34. The van der Waals surface area contributed by atoms with Crippen LogP contribution in [-0.2, 0) is 28.6 Å². The molecule has 0 aromatic carbocycles. The van der Waals surface area contributed by atoms with E-state index in [1.807, 2.05) is 0 Å². The first kappa shape index (κ1) is 15.7. The van der Waals surface area contributed by atoms with E-state index in [0.29, 0.717) is 0 Å². The molecule has 0 heterocycles. The molecule has 0 saturated heterocycles. The summed E-state index contributed by atoms with van der Waals surface area (Å²) < 4.78 is 51.6. The van der Waals surface area contributed by atoms with E-state index in [1.54, 1.807) is 0 Å². The van der Waals surface area contributed by atoms with E-state index in [-0.39, 0.29) is 0 Å². The Morgan fingerprint density at radius 3 is 1.31 bits per heavy atom. The lowest BCUT2D eigenvalue weighted by Crippen LogP contribution is -2.38. The Balaban J connectivity index is 4.47. The lowest BCUT2D eigenvalue weighted by molar-refractivity contribution is 0.0454. The summed E-state index contributed by atoms with van der Waals surface area (Å²) in [5.41, 5.74) is 0. The molecule has 98 valence electrons. The van der Waals surface area contributed by atoms with Gasteiger partial charge in [0.1, 0.15) is 11.5 Å². The van der Waals surface area contributed by atoms with Gasteiger partial charge < -0.3 is 10.2 Å². The van der Waals surface area contributed by atoms with Crippen LogP contribution >= 0.6 is 0 Å². The molecule has 0 aromatic heterocycles. The predicted molar refractivity (Wildman–Crippen MR) is 53.6 cm³/mol. The van der Waals surface area contributed by atoms with Crippen molar-refractivity contribution in [3.63, 3.8) is 0 Å². The standard InChI is InChI=1S/C6H14O8S2/c1-13-15(9,10)3-5(7)6(8)4-16(11,12)14-2/h5-8H,3-4H2,1-2H3/t5-,6-/m0/s1. The number of hydrogen-bond donors (Lipinski definition) is 2. The summed E-state index contributed by atoms with van der Waals surface area (Å²) in [6.07, 6.45) is -3.54. The van der Waals surface area contributed by atoms with Gasteiger partial charge in [0.25, 0.3) is 20.2 Å². The number of hydrogen-bond acceptors (Lipinski definition) is 8. The summed E-state index contributed by atoms with van der Waals surface area (Å²) in [5.74, 6) is -1.80. The second-order valence-corrected chi connectivity index (χ2v) is 6.48. The quantitative estimate of drug-likeness (QED) is 0.496. The van der Waals surface area contributed by atoms with Gasteiger partial charge in [0, 0.05) is 0 Å². The van der Waals surface area contributed by atoms with E-state index in [2.05, 4.69) is 8.37 Å². The molecule has 0 fully saturated rings. The molecule has 0 saturated carbocycles. The van der Waals surface area contributed by atoms with Crippen LogP contribution in [-0.4, -0.2) is 65.0 Å². The zero-order chi connectivity index (χ0) is 13.0. The van der Waals surface area contributed by atoms with Crippen molar-refractivity contribution >= 4 is 20.2 Å². The van der Waals surface area contributed by atoms with Gasteiger partial charge >= 0.3 is 0 Å². The lowest BCUT2D eigenvalue weighted by atomic mass is 10.3. The minimum atomic E-state index is -3.97. The third kappa shape index (κ3) is 5.72. The molecule has 0 aliphatic heterocycles. The first-order valence-electron chi connectivity index (χ1n) is 4.06. The molecule has 0 bridgehead atoms. The minimum absolute atomic E-state index is 0.889. The fourth-order valence-electron chi connectivity index (χ4n) is 0.777. The Hall–Kier alpha value is -0.260. The molecule has 0 aliphatic rings. The van der Waals surface area contributed by atoms with Crippen LogP contribution in [0.4, 0.5) is 0 Å². The zero-order valence-corrected chi connectivity index (χ0v) is 10.4. The summed E-state index contributed by atoms with van der Waals surface area (Å²) in [4.78, 5) is 0. The van der Waals surface area contributed by atoms with Gasteiger partial charge in [0.15, 0.2) is 0 Å². The highest BCUT2D eigenvalue weighted by Crippen LogP contribution is 2.04. The van der Waals surface area contributed by atoms with Crippen LogP contribution in [0.1, 0.15) is 0 Å². The van der Waals surface area contributed by atoms with Crippen LogP contribution in [0.5, 0.6) is 0 Å². The highest BCUT2D eigenvalue weighted by Gasteiger charge is 2.27. The van der Waals surface area contributed by atoms with Crippen LogP contribution in [0.15, 0.2) is 0 Å². The van der Waals surface area contributed by atoms with Gasteiger partial charge in [-0.3, -0.25) is 8.37 Å². The molecule has 0 unspecified atom stereocenters. The van der Waals surface area contributed by atoms with Crippen molar-refractivity contribution in [1.82, 2.24) is 0 Å². The zero-order valence-electron chi connectivity index (χ0n) is 8.73. The van der Waals surface area contributed by atoms with Crippen molar-refractivity contribution in [3.05, 3.63) is 0 Å². The van der Waals surface area contributed by atoms with Gasteiger partial charge in [-0.1, -0.05) is 0 Å². The highest BCUT2D eigenvalue weighted by molar-refractivity contribution is 7.87. The smallest absolute Gasteiger partial charge is 0.269 e. The Kier molecular flexibility index (Phi) is 5.79. The maximum absolute atomic E-state index is 10.9. The second kappa shape index (κ2) is 5.89. The Morgan fingerprint density at radius 1 is 0.875 bits per heavy atom. The minimum Gasteiger partial charge on any atom is -0.389 e. The topological polar surface area (TPSA) is 127 Å². The van der Waals surface area contributed by atoms with E-state index in [0.717, 1.165) is 14.2 Å². The monoisotopic (exact) mass is 278 g/mol. The maximum atomic E-state index is 10.9. The molecule has 16 heavy (non-hydrogen) atoms. The summed E-state index contributed by atoms with van der Waals surface area (Å²) in [5, 5.41) is 18.4. The molecule has 2 atom stereocenters. The summed E-state index contributed by atoms with van der Waals surface area (Å²) in [7, 11) is -6.16. The number of aliphatic hydroxyl groups is 2. The van der Waals surface area contributed by atoms with E-state index in [9.17, 15) is 27.0 Å². The first-order chi connectivity index (χ1) is 7.13. The van der Waals surface area contributed by atoms with Crippen LogP contribution in [0, 0.1) is 0 Å². The van der Waals surface area contributed by atoms with E-state index in [1.165, 1.54) is 0 Å². The lowest BCUT2D eigenvalue weighted by Gasteiger charge is -2.16. The van der Waals surface area contributed by atoms with Gasteiger partial charge in [0.2, 0.25) is 0 Å². The first-order valence-corrected chi connectivity index (χ1v) is 7.21. The van der Waals surface area contributed by atoms with Crippen molar-refractivity contribution in [3.8, 4) is 0 Å². The molecule has 0 spiro atoms. The van der Waals surface area contributed by atoms with Gasteiger partial charge in [-0.2, -0.15) is 16.8 Å². The van der Waals surface area contributed by atoms with Crippen molar-refractivity contribution in [1.29, 1.82) is 0 Å². The molecular weight excluding hydrogens is 264 g/mol. The number of rotatable bonds is 7. The van der Waals surface area contributed by atoms with E-state index >= 15 is 0 Å². The summed E-state index contributed by atoms with van der Waals surface area (Å²) >= 11 is 0. The number of aliphatic hydroxyl groups excluding tert-OH is 2. The summed E-state index contributed by atoms with van der Waals surface area (Å²) in [6, 6.07) is 0. The molecule has 0 radical (unpaired) electrons. The Morgan fingerprint density at radius 2 is 1.12 bits per heavy atom. The maximum Gasteiger partial charge on any atom is 0.269 e. The SMILES string of the molecule is COS(=O)(=O)C[C@H](O)[C@@H](O)CS(=O)(=O)OC. The molecule has 8 nitrogen and oxygen atoms in total. The molecule has 0 amide bonds. The largest absolute Gasteiger partial charge is 0.389 e. The van der Waals surface area contributed by atoms with Crippen LogP contribution in [0.3, 0.4) is 0 Å². The van der Waals surface area contributed by atoms with Gasteiger partial charge in [-0.15, -0.1) is 0 Å². The highest BCUT2D eigenvalue weighted by atomic mass is 32.2. The van der Waals surface area contributed by atoms with E-state index < -0.39 is 43.9 Å². The third-order valence-electron chi connectivity index (χ3n) is 1.70. The van der Waals surface area contributed by atoms with Crippen molar-refractivity contribution < 1.29 is 35.4 Å². The molecular formula is C6H14O8S2. The molecule has 10 heteroatoms. The average Bonchev–Trinajstić information content (AvgIpc) is 2.16. The molecule has 0 aliphatic carbocycles. The van der Waals surface area contributed by atoms with Crippen molar-refractivity contribution in [2.24, 2.45) is 0 Å². The van der Waals surface area contributed by atoms with Crippen molar-refractivity contribution in [2.45, 2.75) is 12.2 Å². The summed E-state index contributed by atoms with van der Waals surface area (Å²) in [6.45, 7) is 0. The Labute approximate surface area is 94.0 Å². The normalized spacial score (nSPS) is 17.0. The fourth-order valence-corrected chi connectivity index (χ4v) is 2.33. The molecule has 0 aromatic rings. The third-order valence-corrected chi connectivity index (χ3v) is 4.22. The van der Waals surface area contributed by atoms with Crippen LogP contribution in [0.2, 0.25) is 0 Å². The van der Waals surface area contributed by atoms with Crippen molar-refractivity contribution in [2.75, 3.05) is 25.7 Å². The fraction of sp³-hybridized carbons (Fsp3) is 1.00. The Bertz CT molecular complexity index is 356. The van der Waals surface area contributed by atoms with Gasteiger partial charge in [-0.25, -0.2) is 0 Å². The molecule has 2 N–H and O–H groups in total.